The van der Waals surface area contributed by atoms with Crippen molar-refractivity contribution in [3.05, 3.63) is 39.7 Å². The Labute approximate surface area is 165 Å². The highest BCUT2D eigenvalue weighted by Crippen LogP contribution is 2.23. The van der Waals surface area contributed by atoms with Gasteiger partial charge in [-0.3, -0.25) is 4.99 Å². The SMILES string of the molecule is CN=C(NCc1nc(C(C)(C)C)cs1)NC(C)c1ccc(C)o1.I. The second-order valence-corrected chi connectivity index (χ2v) is 7.56. The lowest BCUT2D eigenvalue weighted by Gasteiger charge is -2.16. The van der Waals surface area contributed by atoms with E-state index in [2.05, 4.69) is 46.8 Å². The van der Waals surface area contributed by atoms with E-state index in [-0.39, 0.29) is 35.4 Å². The maximum absolute atomic E-state index is 5.64. The number of rotatable bonds is 4. The topological polar surface area (TPSA) is 62.5 Å². The Bertz CT molecular complexity index is 672. The zero-order valence-electron chi connectivity index (χ0n) is 15.1. The van der Waals surface area contributed by atoms with Crippen LogP contribution in [-0.4, -0.2) is 18.0 Å². The van der Waals surface area contributed by atoms with Gasteiger partial charge in [0.15, 0.2) is 5.96 Å². The van der Waals surface area contributed by atoms with Gasteiger partial charge in [0.1, 0.15) is 16.5 Å². The van der Waals surface area contributed by atoms with Crippen molar-refractivity contribution in [3.63, 3.8) is 0 Å². The zero-order chi connectivity index (χ0) is 17.0. The van der Waals surface area contributed by atoms with Crippen molar-refractivity contribution in [3.8, 4) is 0 Å². The molecule has 0 aliphatic carbocycles. The fraction of sp³-hybridized carbons (Fsp3) is 0.529. The van der Waals surface area contributed by atoms with Gasteiger partial charge in [0.05, 0.1) is 18.3 Å². The predicted octanol–water partition coefficient (Wildman–Crippen LogP) is 4.39. The van der Waals surface area contributed by atoms with Gasteiger partial charge in [0, 0.05) is 17.8 Å². The van der Waals surface area contributed by atoms with Crippen molar-refractivity contribution in [1.82, 2.24) is 15.6 Å². The largest absolute Gasteiger partial charge is 0.464 e. The molecular formula is C17H27IN4OS. The summed E-state index contributed by atoms with van der Waals surface area (Å²) in [7, 11) is 1.76. The van der Waals surface area contributed by atoms with Gasteiger partial charge in [-0.2, -0.15) is 0 Å². The van der Waals surface area contributed by atoms with Crippen LogP contribution in [0.5, 0.6) is 0 Å². The summed E-state index contributed by atoms with van der Waals surface area (Å²) in [5.41, 5.74) is 1.21. The highest BCUT2D eigenvalue weighted by atomic mass is 127. The molecule has 134 valence electrons. The molecule has 1 atom stereocenters. The van der Waals surface area contributed by atoms with E-state index in [9.17, 15) is 0 Å². The van der Waals surface area contributed by atoms with E-state index in [0.717, 1.165) is 28.2 Å². The summed E-state index contributed by atoms with van der Waals surface area (Å²) >= 11 is 1.67. The molecule has 2 rings (SSSR count). The third kappa shape index (κ3) is 5.77. The van der Waals surface area contributed by atoms with Gasteiger partial charge in [-0.1, -0.05) is 20.8 Å². The van der Waals surface area contributed by atoms with Crippen LogP contribution in [0, 0.1) is 6.92 Å². The number of halogens is 1. The fourth-order valence-electron chi connectivity index (χ4n) is 2.05. The van der Waals surface area contributed by atoms with Crippen molar-refractivity contribution in [1.29, 1.82) is 0 Å². The Morgan fingerprint density at radius 1 is 1.38 bits per heavy atom. The minimum Gasteiger partial charge on any atom is -0.464 e. The van der Waals surface area contributed by atoms with Crippen LogP contribution in [0.1, 0.15) is 56.0 Å². The monoisotopic (exact) mass is 462 g/mol. The maximum Gasteiger partial charge on any atom is 0.191 e. The molecule has 0 fully saturated rings. The molecule has 0 bridgehead atoms. The van der Waals surface area contributed by atoms with Crippen molar-refractivity contribution in [2.75, 3.05) is 7.05 Å². The fourth-order valence-corrected chi connectivity index (χ4v) is 3.01. The molecular weight excluding hydrogens is 435 g/mol. The smallest absolute Gasteiger partial charge is 0.191 e. The van der Waals surface area contributed by atoms with Crippen LogP contribution < -0.4 is 10.6 Å². The van der Waals surface area contributed by atoms with Crippen LogP contribution in [0.4, 0.5) is 0 Å². The molecule has 0 aliphatic rings. The number of furan rings is 1. The molecule has 0 saturated carbocycles. The minimum atomic E-state index is 0. The number of aryl methyl sites for hydroxylation is 1. The molecule has 0 radical (unpaired) electrons. The Morgan fingerprint density at radius 2 is 2.08 bits per heavy atom. The van der Waals surface area contributed by atoms with Gasteiger partial charge in [-0.05, 0) is 26.0 Å². The standard InChI is InChI=1S/C17H26N4OS.HI/c1-11-7-8-13(22-11)12(2)20-16(18-6)19-9-15-21-14(10-23-15)17(3,4)5;/h7-8,10,12H,9H2,1-6H3,(H2,18,19,20);1H. The first kappa shape index (κ1) is 21.0. The first-order valence-electron chi connectivity index (χ1n) is 7.78. The number of aromatic nitrogens is 1. The Hall–Kier alpha value is -1.09. The van der Waals surface area contributed by atoms with E-state index in [1.165, 1.54) is 0 Å². The van der Waals surface area contributed by atoms with Gasteiger partial charge >= 0.3 is 0 Å². The molecule has 0 aliphatic heterocycles. The van der Waals surface area contributed by atoms with Gasteiger partial charge in [0.2, 0.25) is 0 Å². The number of hydrogen-bond acceptors (Lipinski definition) is 4. The summed E-state index contributed by atoms with van der Waals surface area (Å²) in [6, 6.07) is 4.00. The Morgan fingerprint density at radius 3 is 2.58 bits per heavy atom. The van der Waals surface area contributed by atoms with Crippen molar-refractivity contribution < 1.29 is 4.42 Å². The van der Waals surface area contributed by atoms with Gasteiger partial charge < -0.3 is 15.1 Å². The van der Waals surface area contributed by atoms with Crippen LogP contribution >= 0.6 is 35.3 Å². The number of nitrogens with zero attached hydrogens (tertiary/aromatic N) is 2. The third-order valence-electron chi connectivity index (χ3n) is 3.49. The van der Waals surface area contributed by atoms with E-state index in [4.69, 9.17) is 4.42 Å². The molecule has 2 aromatic heterocycles. The Balaban J connectivity index is 0.00000288. The quantitative estimate of drug-likeness (QED) is 0.402. The van der Waals surface area contributed by atoms with Crippen LogP contribution in [-0.2, 0) is 12.0 Å². The molecule has 0 amide bonds. The summed E-state index contributed by atoms with van der Waals surface area (Å²) in [4.78, 5) is 8.94. The molecule has 0 aromatic carbocycles. The molecule has 24 heavy (non-hydrogen) atoms. The minimum absolute atomic E-state index is 0. The molecule has 5 nitrogen and oxygen atoms in total. The first-order chi connectivity index (χ1) is 10.8. The number of hydrogen-bond donors (Lipinski definition) is 2. The van der Waals surface area contributed by atoms with Gasteiger partial charge in [0.25, 0.3) is 0 Å². The number of aliphatic imine (C=N–C) groups is 1. The summed E-state index contributed by atoms with van der Waals surface area (Å²) in [5, 5.41) is 9.81. The molecule has 2 aromatic rings. The lowest BCUT2D eigenvalue weighted by molar-refractivity contribution is 0.441. The van der Waals surface area contributed by atoms with Gasteiger partial charge in [-0.25, -0.2) is 4.98 Å². The number of thiazole rings is 1. The van der Waals surface area contributed by atoms with Crippen molar-refractivity contribution in [2.45, 2.75) is 52.6 Å². The van der Waals surface area contributed by atoms with Crippen LogP contribution in [0.25, 0.3) is 0 Å². The molecule has 1 unspecified atom stereocenters. The second-order valence-electron chi connectivity index (χ2n) is 6.62. The lowest BCUT2D eigenvalue weighted by atomic mass is 9.93. The highest BCUT2D eigenvalue weighted by molar-refractivity contribution is 14.0. The van der Waals surface area contributed by atoms with Crippen LogP contribution in [0.2, 0.25) is 0 Å². The van der Waals surface area contributed by atoms with E-state index >= 15 is 0 Å². The van der Waals surface area contributed by atoms with E-state index in [0.29, 0.717) is 6.54 Å². The summed E-state index contributed by atoms with van der Waals surface area (Å²) in [6.45, 7) is 11.2. The zero-order valence-corrected chi connectivity index (χ0v) is 18.3. The van der Waals surface area contributed by atoms with Crippen LogP contribution in [0.3, 0.4) is 0 Å². The predicted molar refractivity (Wildman–Crippen MR) is 111 cm³/mol. The normalized spacial score (nSPS) is 13.3. The molecule has 0 spiro atoms. The summed E-state index contributed by atoms with van der Waals surface area (Å²) in [6.07, 6.45) is 0. The number of nitrogens with one attached hydrogen (secondary N) is 2. The molecule has 2 N–H and O–H groups in total. The number of guanidine groups is 1. The average Bonchev–Trinajstić information content (AvgIpc) is 3.11. The molecule has 0 saturated heterocycles. The summed E-state index contributed by atoms with van der Waals surface area (Å²) < 4.78 is 5.64. The van der Waals surface area contributed by atoms with Crippen LogP contribution in [0.15, 0.2) is 26.9 Å². The molecule has 2 heterocycles. The highest BCUT2D eigenvalue weighted by Gasteiger charge is 2.17. The summed E-state index contributed by atoms with van der Waals surface area (Å²) in [5.74, 6) is 2.54. The van der Waals surface area contributed by atoms with E-state index in [1.54, 1.807) is 18.4 Å². The first-order valence-corrected chi connectivity index (χ1v) is 8.66. The van der Waals surface area contributed by atoms with Crippen molar-refractivity contribution >= 4 is 41.3 Å². The second kappa shape index (κ2) is 8.84. The molecule has 7 heteroatoms. The third-order valence-corrected chi connectivity index (χ3v) is 4.34. The average molecular weight is 462 g/mol. The van der Waals surface area contributed by atoms with E-state index < -0.39 is 0 Å². The van der Waals surface area contributed by atoms with E-state index in [1.807, 2.05) is 26.0 Å². The van der Waals surface area contributed by atoms with Crippen molar-refractivity contribution in [2.24, 2.45) is 4.99 Å². The van der Waals surface area contributed by atoms with Gasteiger partial charge in [-0.15, -0.1) is 35.3 Å². The maximum atomic E-state index is 5.64. The lowest BCUT2D eigenvalue weighted by Crippen LogP contribution is -2.38. The Kier molecular flexibility index (Phi) is 7.72.